The van der Waals surface area contributed by atoms with Crippen LogP contribution in [0, 0.1) is 23.0 Å². The molecule has 2 aromatic carbocycles. The summed E-state index contributed by atoms with van der Waals surface area (Å²) in [6.07, 6.45) is 6.55. The van der Waals surface area contributed by atoms with Gasteiger partial charge in [-0.3, -0.25) is 0 Å². The normalized spacial score (nSPS) is 20.2. The summed E-state index contributed by atoms with van der Waals surface area (Å²) in [5.41, 5.74) is -0.497. The summed E-state index contributed by atoms with van der Waals surface area (Å²) in [5, 5.41) is 3.36. The molecule has 1 unspecified atom stereocenters. The molecular weight excluding hydrogens is 437 g/mol. The fourth-order valence-corrected chi connectivity index (χ4v) is 4.78. The lowest BCUT2D eigenvalue weighted by Crippen LogP contribution is -2.44. The molecule has 0 amide bonds. The number of rotatable bonds is 6. The molecule has 4 rings (SSSR count). The van der Waals surface area contributed by atoms with E-state index < -0.39 is 23.4 Å². The van der Waals surface area contributed by atoms with Crippen molar-refractivity contribution >= 4 is 0 Å². The number of hydrogen-bond donors (Lipinski definition) is 1. The molecule has 1 N–H and O–H groups in total. The molecule has 2 aliphatic rings. The van der Waals surface area contributed by atoms with Crippen LogP contribution >= 0.6 is 0 Å². The Labute approximate surface area is 190 Å². The van der Waals surface area contributed by atoms with Crippen LogP contribution in [0.1, 0.15) is 30.4 Å². The zero-order valence-corrected chi connectivity index (χ0v) is 18.1. The van der Waals surface area contributed by atoms with Gasteiger partial charge in [-0.2, -0.15) is 13.2 Å². The summed E-state index contributed by atoms with van der Waals surface area (Å²) < 4.78 is 74.0. The Hall–Kier alpha value is -2.51. The number of hydrogen-bond acceptors (Lipinski definition) is 2. The van der Waals surface area contributed by atoms with Crippen molar-refractivity contribution in [2.45, 2.75) is 32.0 Å². The van der Waals surface area contributed by atoms with Crippen LogP contribution in [0.15, 0.2) is 60.7 Å². The molecule has 1 aliphatic heterocycles. The van der Waals surface area contributed by atoms with Crippen LogP contribution in [-0.4, -0.2) is 19.7 Å². The Morgan fingerprint density at radius 2 is 1.61 bits per heavy atom. The SMILES string of the molecule is Fc1cc(F)cc(-c2cc(COCC3(C4C=CC=CC4)CCNCC3)cc(C(F)(F)F)c2)c1. The zero-order valence-electron chi connectivity index (χ0n) is 18.1. The van der Waals surface area contributed by atoms with Crippen molar-refractivity contribution in [2.24, 2.45) is 11.3 Å². The Kier molecular flexibility index (Phi) is 7.00. The van der Waals surface area contributed by atoms with E-state index in [9.17, 15) is 22.0 Å². The topological polar surface area (TPSA) is 21.3 Å². The van der Waals surface area contributed by atoms with Gasteiger partial charge in [-0.05, 0) is 85.3 Å². The fourth-order valence-electron chi connectivity index (χ4n) is 4.78. The van der Waals surface area contributed by atoms with Gasteiger partial charge in [-0.25, -0.2) is 8.78 Å². The predicted molar refractivity (Wildman–Crippen MR) is 117 cm³/mol. The number of alkyl halides is 3. The minimum Gasteiger partial charge on any atom is -0.376 e. The average molecular weight is 463 g/mol. The third-order valence-electron chi connectivity index (χ3n) is 6.54. The number of allylic oxidation sites excluding steroid dienone is 4. The van der Waals surface area contributed by atoms with Gasteiger partial charge < -0.3 is 10.1 Å². The molecule has 1 aliphatic carbocycles. The molecule has 0 bridgehead atoms. The van der Waals surface area contributed by atoms with Gasteiger partial charge in [-0.15, -0.1) is 0 Å². The van der Waals surface area contributed by atoms with Crippen LogP contribution in [0.25, 0.3) is 11.1 Å². The number of ether oxygens (including phenoxy) is 1. The van der Waals surface area contributed by atoms with E-state index in [2.05, 4.69) is 17.5 Å². The van der Waals surface area contributed by atoms with E-state index in [1.807, 2.05) is 12.2 Å². The maximum absolute atomic E-state index is 13.7. The molecule has 0 radical (unpaired) electrons. The maximum atomic E-state index is 13.7. The first-order valence-electron chi connectivity index (χ1n) is 11.0. The number of piperidine rings is 1. The molecule has 0 aromatic heterocycles. The van der Waals surface area contributed by atoms with Crippen LogP contribution in [0.4, 0.5) is 22.0 Å². The Morgan fingerprint density at radius 3 is 2.24 bits per heavy atom. The van der Waals surface area contributed by atoms with E-state index in [1.165, 1.54) is 6.07 Å². The van der Waals surface area contributed by atoms with Crippen LogP contribution in [-0.2, 0) is 17.5 Å². The van der Waals surface area contributed by atoms with Crippen molar-refractivity contribution in [3.63, 3.8) is 0 Å². The van der Waals surface area contributed by atoms with Gasteiger partial charge >= 0.3 is 6.18 Å². The molecule has 7 heteroatoms. The van der Waals surface area contributed by atoms with Gasteiger partial charge in [-0.1, -0.05) is 24.3 Å². The van der Waals surface area contributed by atoms with Crippen molar-refractivity contribution in [3.05, 3.63) is 83.5 Å². The summed E-state index contributed by atoms with van der Waals surface area (Å²) in [6, 6.07) is 6.19. The first kappa shape index (κ1) is 23.6. The van der Waals surface area contributed by atoms with E-state index in [0.717, 1.165) is 56.6 Å². The van der Waals surface area contributed by atoms with Crippen molar-refractivity contribution in [1.29, 1.82) is 0 Å². The predicted octanol–water partition coefficient (Wildman–Crippen LogP) is 6.67. The smallest absolute Gasteiger partial charge is 0.376 e. The first-order chi connectivity index (χ1) is 15.7. The quantitative estimate of drug-likeness (QED) is 0.483. The highest BCUT2D eigenvalue weighted by Crippen LogP contribution is 2.42. The van der Waals surface area contributed by atoms with Gasteiger partial charge in [0.15, 0.2) is 0 Å². The summed E-state index contributed by atoms with van der Waals surface area (Å²) in [7, 11) is 0. The Bertz CT molecular complexity index is 1020. The molecule has 33 heavy (non-hydrogen) atoms. The third kappa shape index (κ3) is 5.71. The molecule has 0 saturated carbocycles. The molecule has 1 saturated heterocycles. The second-order valence-electron chi connectivity index (χ2n) is 8.83. The monoisotopic (exact) mass is 463 g/mol. The maximum Gasteiger partial charge on any atom is 0.416 e. The van der Waals surface area contributed by atoms with Gasteiger partial charge in [0.05, 0.1) is 18.8 Å². The van der Waals surface area contributed by atoms with Crippen molar-refractivity contribution in [3.8, 4) is 11.1 Å². The van der Waals surface area contributed by atoms with E-state index in [1.54, 1.807) is 0 Å². The summed E-state index contributed by atoms with van der Waals surface area (Å²) >= 11 is 0. The van der Waals surface area contributed by atoms with Gasteiger partial charge in [0.1, 0.15) is 11.6 Å². The van der Waals surface area contributed by atoms with Crippen molar-refractivity contribution in [2.75, 3.05) is 19.7 Å². The number of halogens is 5. The van der Waals surface area contributed by atoms with E-state index in [-0.39, 0.29) is 23.1 Å². The lowest BCUT2D eigenvalue weighted by Gasteiger charge is -2.43. The lowest BCUT2D eigenvalue weighted by atomic mass is 9.67. The van der Waals surface area contributed by atoms with Crippen molar-refractivity contribution in [1.82, 2.24) is 5.32 Å². The molecule has 0 spiro atoms. The highest BCUT2D eigenvalue weighted by Gasteiger charge is 2.39. The zero-order chi connectivity index (χ0) is 23.5. The molecule has 176 valence electrons. The van der Waals surface area contributed by atoms with Crippen LogP contribution < -0.4 is 5.32 Å². The minimum absolute atomic E-state index is 0.0177. The largest absolute Gasteiger partial charge is 0.416 e. The molecule has 1 atom stereocenters. The summed E-state index contributed by atoms with van der Waals surface area (Å²) in [4.78, 5) is 0. The van der Waals surface area contributed by atoms with Gasteiger partial charge in [0, 0.05) is 11.5 Å². The standard InChI is InChI=1S/C26H26F5NO/c27-23-13-20(14-24(28)15-23)19-10-18(11-22(12-19)26(29,30)31)16-33-17-25(6-8-32-9-7-25)21-4-2-1-3-5-21/h1-4,10-15,21,32H,5-9,16-17H2. The minimum atomic E-state index is -4.59. The Balaban J connectivity index is 1.56. The lowest BCUT2D eigenvalue weighted by molar-refractivity contribution is -0.137. The fraction of sp³-hybridized carbons (Fsp3) is 0.385. The van der Waals surface area contributed by atoms with Crippen LogP contribution in [0.2, 0.25) is 0 Å². The average Bonchev–Trinajstić information content (AvgIpc) is 2.79. The number of nitrogens with one attached hydrogen (secondary N) is 1. The van der Waals surface area contributed by atoms with E-state index >= 15 is 0 Å². The van der Waals surface area contributed by atoms with Crippen LogP contribution in [0.5, 0.6) is 0 Å². The number of benzene rings is 2. The molecule has 1 fully saturated rings. The summed E-state index contributed by atoms with van der Waals surface area (Å²) in [5.74, 6) is -1.37. The summed E-state index contributed by atoms with van der Waals surface area (Å²) in [6.45, 7) is 2.15. The molecule has 2 nitrogen and oxygen atoms in total. The molecule has 1 heterocycles. The Morgan fingerprint density at radius 1 is 0.909 bits per heavy atom. The highest BCUT2D eigenvalue weighted by atomic mass is 19.4. The first-order valence-corrected chi connectivity index (χ1v) is 11.0. The molecule has 2 aromatic rings. The van der Waals surface area contributed by atoms with Gasteiger partial charge in [0.25, 0.3) is 0 Å². The molecular formula is C26H26F5NO. The van der Waals surface area contributed by atoms with E-state index in [0.29, 0.717) is 24.2 Å². The van der Waals surface area contributed by atoms with Crippen molar-refractivity contribution < 1.29 is 26.7 Å². The van der Waals surface area contributed by atoms with E-state index in [4.69, 9.17) is 4.74 Å². The third-order valence-corrected chi connectivity index (χ3v) is 6.54. The second kappa shape index (κ2) is 9.77. The van der Waals surface area contributed by atoms with Crippen LogP contribution in [0.3, 0.4) is 0 Å². The second-order valence-corrected chi connectivity index (χ2v) is 8.83. The highest BCUT2D eigenvalue weighted by molar-refractivity contribution is 5.65. The van der Waals surface area contributed by atoms with Gasteiger partial charge in [0.2, 0.25) is 0 Å².